The van der Waals surface area contributed by atoms with Gasteiger partial charge in [0.2, 0.25) is 0 Å². The molecule has 3 rings (SSSR count). The highest BCUT2D eigenvalue weighted by Crippen LogP contribution is 2.41. The number of nitro groups is 1. The molecule has 11 unspecified atom stereocenters. The first kappa shape index (κ1) is 57.8. The van der Waals surface area contributed by atoms with E-state index in [1.54, 1.807) is 20.1 Å². The Morgan fingerprint density at radius 1 is 1.03 bits per heavy atom. The van der Waals surface area contributed by atoms with Gasteiger partial charge >= 0.3 is 11.9 Å². The van der Waals surface area contributed by atoms with E-state index in [4.69, 9.17) is 47.4 Å². The summed E-state index contributed by atoms with van der Waals surface area (Å²) in [5.74, 6) is -1.22. The maximum Gasteiger partial charge on any atom is 0.384 e. The summed E-state index contributed by atoms with van der Waals surface area (Å²) in [5.41, 5.74) is -0.965. The number of allylic oxidation sites excluding steroid dienone is 3. The Balaban J connectivity index is 2.11. The van der Waals surface area contributed by atoms with Crippen LogP contribution in [0.15, 0.2) is 59.7 Å². The van der Waals surface area contributed by atoms with Crippen molar-refractivity contribution in [3.05, 3.63) is 69.8 Å². The lowest BCUT2D eigenvalue weighted by Crippen LogP contribution is -2.46. The normalized spacial score (nSPS) is 26.0. The Labute approximate surface area is 401 Å². The number of hydrogen-bond acceptors (Lipinski definition) is 14. The lowest BCUT2D eigenvalue weighted by molar-refractivity contribution is -0.384. The van der Waals surface area contributed by atoms with Crippen LogP contribution in [0.3, 0.4) is 0 Å². The molecule has 0 aliphatic carbocycles. The summed E-state index contributed by atoms with van der Waals surface area (Å²) >= 11 is 0. The second-order valence-corrected chi connectivity index (χ2v) is 23.8. The molecule has 0 radical (unpaired) electrons. The molecule has 2 aliphatic heterocycles. The highest BCUT2D eigenvalue weighted by molar-refractivity contribution is 6.75. The number of nitro benzene ring substituents is 1. The zero-order chi connectivity index (χ0) is 50.1. The van der Waals surface area contributed by atoms with E-state index >= 15 is 0 Å². The van der Waals surface area contributed by atoms with Gasteiger partial charge in [0.25, 0.3) is 5.69 Å². The van der Waals surface area contributed by atoms with Gasteiger partial charge in [-0.3, -0.25) is 19.8 Å². The Morgan fingerprint density at radius 3 is 2.24 bits per heavy atom. The van der Waals surface area contributed by atoms with Crippen molar-refractivity contribution in [2.75, 3.05) is 20.3 Å². The summed E-state index contributed by atoms with van der Waals surface area (Å²) in [6, 6.07) is 6.93. The minimum absolute atomic E-state index is 0.00180. The molecule has 67 heavy (non-hydrogen) atoms. The summed E-state index contributed by atoms with van der Waals surface area (Å²) in [6.45, 7) is 29.0. The van der Waals surface area contributed by atoms with E-state index in [-0.39, 0.29) is 77.9 Å². The van der Waals surface area contributed by atoms with Crippen molar-refractivity contribution in [2.24, 2.45) is 11.8 Å². The zero-order valence-corrected chi connectivity index (χ0v) is 44.1. The molecule has 11 atom stereocenters. The van der Waals surface area contributed by atoms with E-state index in [1.165, 1.54) is 24.3 Å². The van der Waals surface area contributed by atoms with Crippen molar-refractivity contribution in [1.29, 1.82) is 0 Å². The van der Waals surface area contributed by atoms with Crippen LogP contribution in [0.25, 0.3) is 0 Å². The van der Waals surface area contributed by atoms with Crippen LogP contribution in [0.2, 0.25) is 17.6 Å². The molecule has 1 aromatic carbocycles. The molecule has 0 amide bonds. The Kier molecular flexibility index (Phi) is 23.4. The monoisotopic (exact) mass is 962 g/mol. The van der Waals surface area contributed by atoms with Crippen LogP contribution in [0.5, 0.6) is 5.75 Å². The number of non-ortho nitro benzene ring substituents is 1. The number of ether oxygens (including phenoxy) is 7. The van der Waals surface area contributed by atoms with Crippen molar-refractivity contribution in [3.8, 4) is 5.75 Å². The van der Waals surface area contributed by atoms with Crippen LogP contribution in [-0.2, 0) is 52.1 Å². The van der Waals surface area contributed by atoms with Gasteiger partial charge < -0.3 is 37.6 Å². The number of rotatable bonds is 26. The van der Waals surface area contributed by atoms with Crippen LogP contribution in [0.1, 0.15) is 135 Å². The van der Waals surface area contributed by atoms with Crippen molar-refractivity contribution in [3.63, 3.8) is 0 Å². The number of cyclic esters (lactones) is 1. The van der Waals surface area contributed by atoms with Gasteiger partial charge in [-0.1, -0.05) is 72.8 Å². The number of carbonyl (C=O) groups is 2. The lowest BCUT2D eigenvalue weighted by atomic mass is 9.85. The van der Waals surface area contributed by atoms with E-state index in [0.29, 0.717) is 26.1 Å². The number of benzene rings is 1. The fourth-order valence-corrected chi connectivity index (χ4v) is 13.0. The van der Waals surface area contributed by atoms with E-state index in [2.05, 4.69) is 41.5 Å². The minimum atomic E-state index is -2.35. The van der Waals surface area contributed by atoms with Gasteiger partial charge in [-0.2, -0.15) is 0 Å². The molecule has 0 N–H and O–H groups in total. The SMILES string of the molecule is CCOC(C)OC(C)(C=CC=C(C)C1OC(=O)CC(O[Si](CC)(CC)C(C)C)CCC(C)(OC(C)OCC)C(C(=O)OOc2ccc([N+](=O)[O-])cc2)=CCC1C)CC1OC1C(C)C(CC)OC. The van der Waals surface area contributed by atoms with E-state index < -0.39 is 55.2 Å². The first-order valence-electron chi connectivity index (χ1n) is 24.5. The van der Waals surface area contributed by atoms with Crippen LogP contribution < -0.4 is 4.89 Å². The molecule has 1 fully saturated rings. The average molecular weight is 962 g/mol. The van der Waals surface area contributed by atoms with Crippen molar-refractivity contribution >= 4 is 25.9 Å². The topological polar surface area (TPSA) is 173 Å². The molecule has 1 saturated heterocycles. The van der Waals surface area contributed by atoms with Crippen molar-refractivity contribution < 1.29 is 61.9 Å². The third kappa shape index (κ3) is 17.2. The van der Waals surface area contributed by atoms with Crippen LogP contribution in [0, 0.1) is 22.0 Å². The Hall–Kier alpha value is -3.48. The predicted molar refractivity (Wildman–Crippen MR) is 260 cm³/mol. The van der Waals surface area contributed by atoms with Crippen LogP contribution in [-0.4, -0.2) is 99.8 Å². The van der Waals surface area contributed by atoms with E-state index in [1.807, 2.05) is 66.7 Å². The minimum Gasteiger partial charge on any atom is -0.457 e. The lowest BCUT2D eigenvalue weighted by Gasteiger charge is -2.39. The smallest absolute Gasteiger partial charge is 0.384 e. The number of carbonyl (C=O) groups excluding carboxylic acids is 2. The van der Waals surface area contributed by atoms with Gasteiger partial charge in [-0.25, -0.2) is 9.68 Å². The first-order chi connectivity index (χ1) is 31.6. The van der Waals surface area contributed by atoms with Gasteiger partial charge in [-0.15, -0.1) is 0 Å². The van der Waals surface area contributed by atoms with Gasteiger partial charge in [0, 0.05) is 50.7 Å². The zero-order valence-electron chi connectivity index (χ0n) is 43.1. The number of methoxy groups -OCH3 is 1. The molecule has 380 valence electrons. The van der Waals surface area contributed by atoms with Crippen molar-refractivity contribution in [1.82, 2.24) is 0 Å². The number of nitrogens with zero attached hydrogens (tertiary/aromatic N) is 1. The standard InChI is InChI=1S/C51H83NO14Si/c1-16-44(57-15)37(10)48-45(60-48)33-50(13,62-38(11)58-17-2)30-21-22-35(8)47-36(9)23-28-43(49(54)65-64-41-26-24-40(25-27-41)52(55)56)51(14,63-39(12)59-18-3)31-29-42(32-46(53)61-47)66-67(19-4,20-5)34(6)7/h21-22,24-28,30,34,36-39,42,44-45,47-48H,16-20,23,29,31-33H2,1-15H3. The molecule has 0 spiro atoms. The Morgan fingerprint density at radius 2 is 1.67 bits per heavy atom. The van der Waals surface area contributed by atoms with Crippen LogP contribution >= 0.6 is 0 Å². The maximum atomic E-state index is 14.3. The number of hydrogen-bond donors (Lipinski definition) is 0. The van der Waals surface area contributed by atoms with Gasteiger partial charge in [-0.05, 0) is 109 Å². The largest absolute Gasteiger partial charge is 0.457 e. The second-order valence-electron chi connectivity index (χ2n) is 18.8. The second kappa shape index (κ2) is 27.1. The molecule has 0 aromatic heterocycles. The van der Waals surface area contributed by atoms with Crippen LogP contribution in [0.4, 0.5) is 5.69 Å². The molecular weight excluding hydrogens is 879 g/mol. The van der Waals surface area contributed by atoms with Crippen molar-refractivity contribution in [2.45, 2.75) is 207 Å². The molecule has 16 heteroatoms. The number of epoxide rings is 1. The summed E-state index contributed by atoms with van der Waals surface area (Å²) in [5, 5.41) is 11.3. The molecule has 0 saturated carbocycles. The molecule has 2 aliphatic rings. The third-order valence-corrected chi connectivity index (χ3v) is 18.8. The fourth-order valence-electron chi connectivity index (χ4n) is 9.41. The van der Waals surface area contributed by atoms with Gasteiger partial charge in [0.15, 0.2) is 26.6 Å². The molecule has 0 bridgehead atoms. The summed E-state index contributed by atoms with van der Waals surface area (Å²) in [6.07, 6.45) is 7.68. The quantitative estimate of drug-likeness (QED) is 0.0125. The third-order valence-electron chi connectivity index (χ3n) is 13.5. The Bertz CT molecular complexity index is 1800. The highest BCUT2D eigenvalue weighted by Gasteiger charge is 2.49. The molecule has 2 heterocycles. The predicted octanol–water partition coefficient (Wildman–Crippen LogP) is 11.3. The first-order valence-corrected chi connectivity index (χ1v) is 26.9. The molecule has 15 nitrogen and oxygen atoms in total. The van der Waals surface area contributed by atoms with Gasteiger partial charge in [0.1, 0.15) is 11.7 Å². The molecule has 1 aromatic rings. The highest BCUT2D eigenvalue weighted by atomic mass is 28.4. The number of esters is 1. The summed E-state index contributed by atoms with van der Waals surface area (Å²) < 4.78 is 50.3. The maximum absolute atomic E-state index is 14.3. The van der Waals surface area contributed by atoms with Gasteiger partial charge in [0.05, 0.1) is 46.9 Å². The summed E-state index contributed by atoms with van der Waals surface area (Å²) in [7, 11) is -0.613. The fraction of sp³-hybridized carbons (Fsp3) is 0.725. The van der Waals surface area contributed by atoms with E-state index in [0.717, 1.165) is 24.1 Å². The molecular formula is C51H83NO14Si. The van der Waals surface area contributed by atoms with E-state index in [9.17, 15) is 19.7 Å². The summed E-state index contributed by atoms with van der Waals surface area (Å²) in [4.78, 5) is 50.2. The average Bonchev–Trinajstić information content (AvgIpc) is 4.04.